The molecule has 0 radical (unpaired) electrons. The van der Waals surface area contributed by atoms with Gasteiger partial charge in [0, 0.05) is 11.6 Å². The summed E-state index contributed by atoms with van der Waals surface area (Å²) in [5.41, 5.74) is 1.22. The molecule has 3 rings (SSSR count). The molecule has 1 aromatic heterocycles. The lowest BCUT2D eigenvalue weighted by atomic mass is 10.00. The molecule has 1 heterocycles. The topological polar surface area (TPSA) is 94.8 Å². The molecule has 0 aliphatic carbocycles. The average molecular weight is 452 g/mol. The molecule has 7 nitrogen and oxygen atoms in total. The third-order valence-electron chi connectivity index (χ3n) is 4.84. The normalized spacial score (nSPS) is 12.5. The number of amides is 1. The van der Waals surface area contributed by atoms with E-state index in [0.717, 1.165) is 11.1 Å². The van der Waals surface area contributed by atoms with Crippen LogP contribution in [0.4, 0.5) is 4.79 Å². The molecule has 2 aromatic carbocycles. The maximum Gasteiger partial charge on any atom is 0.408 e. The van der Waals surface area contributed by atoms with Crippen LogP contribution in [0.15, 0.2) is 57.7 Å². The standard InChI is InChI=1S/C26H29NO6/c1-15(2)23(27-25(30)33-26(4,5)6)24(29)32-20-13-16(3)12-19-22(20)18(14-21(28)31-19)17-10-8-7-9-11-17/h7-15,23H,1-6H3,(H,27,30). The van der Waals surface area contributed by atoms with Gasteiger partial charge in [0.25, 0.3) is 0 Å². The Morgan fingerprint density at radius 1 is 1.03 bits per heavy atom. The van der Waals surface area contributed by atoms with E-state index >= 15 is 0 Å². The van der Waals surface area contributed by atoms with Crippen molar-refractivity contribution in [3.05, 3.63) is 64.5 Å². The van der Waals surface area contributed by atoms with E-state index in [0.29, 0.717) is 16.5 Å². The van der Waals surface area contributed by atoms with Crippen molar-refractivity contribution in [2.75, 3.05) is 0 Å². The highest BCUT2D eigenvalue weighted by Gasteiger charge is 2.29. The van der Waals surface area contributed by atoms with Gasteiger partial charge in [-0.2, -0.15) is 0 Å². The quantitative estimate of drug-likeness (QED) is 0.325. The van der Waals surface area contributed by atoms with Gasteiger partial charge in [0.2, 0.25) is 0 Å². The predicted octanol–water partition coefficient (Wildman–Crippen LogP) is 5.22. The monoisotopic (exact) mass is 451 g/mol. The Labute approximate surface area is 192 Å². The lowest BCUT2D eigenvalue weighted by molar-refractivity contribution is -0.137. The zero-order valence-corrected chi connectivity index (χ0v) is 19.7. The number of carbonyl (C=O) groups is 2. The molecule has 33 heavy (non-hydrogen) atoms. The van der Waals surface area contributed by atoms with Crippen molar-refractivity contribution >= 4 is 23.0 Å². The molecule has 0 fully saturated rings. The van der Waals surface area contributed by atoms with E-state index in [9.17, 15) is 14.4 Å². The summed E-state index contributed by atoms with van der Waals surface area (Å²) in [6.07, 6.45) is -0.705. The van der Waals surface area contributed by atoms with Crippen molar-refractivity contribution < 1.29 is 23.5 Å². The van der Waals surface area contributed by atoms with Gasteiger partial charge in [0.05, 0.1) is 5.39 Å². The number of carbonyl (C=O) groups excluding carboxylic acids is 2. The minimum Gasteiger partial charge on any atom is -0.444 e. The van der Waals surface area contributed by atoms with Gasteiger partial charge in [-0.3, -0.25) is 0 Å². The van der Waals surface area contributed by atoms with Crippen molar-refractivity contribution in [1.82, 2.24) is 5.32 Å². The van der Waals surface area contributed by atoms with Crippen LogP contribution in [0.25, 0.3) is 22.1 Å². The number of benzene rings is 2. The molecule has 1 N–H and O–H groups in total. The summed E-state index contributed by atoms with van der Waals surface area (Å²) in [5.74, 6) is -0.658. The molecular formula is C26H29NO6. The maximum atomic E-state index is 13.1. The zero-order chi connectivity index (χ0) is 24.3. The second-order valence-corrected chi connectivity index (χ2v) is 9.27. The first kappa shape index (κ1) is 24.0. The first-order chi connectivity index (χ1) is 15.4. The Hall–Kier alpha value is -3.61. The Morgan fingerprint density at radius 2 is 1.70 bits per heavy atom. The SMILES string of the molecule is Cc1cc(OC(=O)C(NC(=O)OC(C)(C)C)C(C)C)c2c(-c3ccccc3)cc(=O)oc2c1. The van der Waals surface area contributed by atoms with Crippen molar-refractivity contribution in [3.8, 4) is 16.9 Å². The fraction of sp³-hybridized carbons (Fsp3) is 0.346. The van der Waals surface area contributed by atoms with Crippen LogP contribution >= 0.6 is 0 Å². The van der Waals surface area contributed by atoms with E-state index in [1.165, 1.54) is 6.07 Å². The lowest BCUT2D eigenvalue weighted by Crippen LogP contribution is -2.48. The average Bonchev–Trinajstić information content (AvgIpc) is 2.70. The highest BCUT2D eigenvalue weighted by molar-refractivity contribution is 5.99. The highest BCUT2D eigenvalue weighted by atomic mass is 16.6. The number of alkyl carbamates (subject to hydrolysis) is 1. The fourth-order valence-corrected chi connectivity index (χ4v) is 3.42. The summed E-state index contributed by atoms with van der Waals surface area (Å²) < 4.78 is 16.5. The van der Waals surface area contributed by atoms with Gasteiger partial charge in [0.1, 0.15) is 23.0 Å². The van der Waals surface area contributed by atoms with Crippen molar-refractivity contribution in [3.63, 3.8) is 0 Å². The largest absolute Gasteiger partial charge is 0.444 e. The van der Waals surface area contributed by atoms with E-state index < -0.39 is 29.3 Å². The van der Waals surface area contributed by atoms with Crippen LogP contribution in [0.2, 0.25) is 0 Å². The summed E-state index contributed by atoms with van der Waals surface area (Å²) in [6, 6.07) is 13.2. The second kappa shape index (κ2) is 9.48. The van der Waals surface area contributed by atoms with Gasteiger partial charge >= 0.3 is 17.7 Å². The fourth-order valence-electron chi connectivity index (χ4n) is 3.42. The summed E-state index contributed by atoms with van der Waals surface area (Å²) in [7, 11) is 0. The summed E-state index contributed by atoms with van der Waals surface area (Å²) in [6.45, 7) is 10.6. The molecule has 0 aliphatic rings. The van der Waals surface area contributed by atoms with Crippen molar-refractivity contribution in [1.29, 1.82) is 0 Å². The van der Waals surface area contributed by atoms with Gasteiger partial charge < -0.3 is 19.2 Å². The second-order valence-electron chi connectivity index (χ2n) is 9.27. The van der Waals surface area contributed by atoms with Gasteiger partial charge in [-0.1, -0.05) is 44.2 Å². The number of ether oxygens (including phenoxy) is 2. The van der Waals surface area contributed by atoms with E-state index in [1.807, 2.05) is 37.3 Å². The maximum absolute atomic E-state index is 13.1. The molecule has 174 valence electrons. The highest BCUT2D eigenvalue weighted by Crippen LogP contribution is 2.35. The van der Waals surface area contributed by atoms with E-state index in [4.69, 9.17) is 13.9 Å². The Balaban J connectivity index is 2.03. The third-order valence-corrected chi connectivity index (χ3v) is 4.84. The van der Waals surface area contributed by atoms with Crippen LogP contribution in [-0.4, -0.2) is 23.7 Å². The number of hydrogen-bond acceptors (Lipinski definition) is 6. The first-order valence-electron chi connectivity index (χ1n) is 10.8. The molecule has 1 unspecified atom stereocenters. The predicted molar refractivity (Wildman–Crippen MR) is 126 cm³/mol. The summed E-state index contributed by atoms with van der Waals surface area (Å²) in [4.78, 5) is 37.6. The summed E-state index contributed by atoms with van der Waals surface area (Å²) in [5, 5.41) is 3.10. The zero-order valence-electron chi connectivity index (χ0n) is 19.7. The first-order valence-corrected chi connectivity index (χ1v) is 10.8. The number of aryl methyl sites for hydroxylation is 1. The van der Waals surface area contributed by atoms with Gasteiger partial charge in [-0.15, -0.1) is 0 Å². The van der Waals surface area contributed by atoms with Crippen LogP contribution in [0.1, 0.15) is 40.2 Å². The number of fused-ring (bicyclic) bond motifs is 1. The number of esters is 1. The van der Waals surface area contributed by atoms with Crippen LogP contribution in [-0.2, 0) is 9.53 Å². The molecule has 0 saturated carbocycles. The van der Waals surface area contributed by atoms with Crippen molar-refractivity contribution in [2.24, 2.45) is 5.92 Å². The Kier molecular flexibility index (Phi) is 6.91. The summed E-state index contributed by atoms with van der Waals surface area (Å²) >= 11 is 0. The molecule has 7 heteroatoms. The number of nitrogens with one attached hydrogen (secondary N) is 1. The number of rotatable bonds is 5. The van der Waals surface area contributed by atoms with Crippen LogP contribution in [0.5, 0.6) is 5.75 Å². The minimum atomic E-state index is -0.939. The lowest BCUT2D eigenvalue weighted by Gasteiger charge is -2.25. The van der Waals surface area contributed by atoms with E-state index in [2.05, 4.69) is 5.32 Å². The molecule has 0 saturated heterocycles. The molecule has 0 aliphatic heterocycles. The Bertz CT molecular complexity index is 1220. The molecule has 0 bridgehead atoms. The van der Waals surface area contributed by atoms with Crippen LogP contribution < -0.4 is 15.7 Å². The van der Waals surface area contributed by atoms with E-state index in [1.54, 1.807) is 46.8 Å². The minimum absolute atomic E-state index is 0.245. The molecular weight excluding hydrogens is 422 g/mol. The van der Waals surface area contributed by atoms with Crippen LogP contribution in [0, 0.1) is 12.8 Å². The van der Waals surface area contributed by atoms with Gasteiger partial charge in [-0.25, -0.2) is 14.4 Å². The number of hydrogen-bond donors (Lipinski definition) is 1. The van der Waals surface area contributed by atoms with Crippen molar-refractivity contribution in [2.45, 2.75) is 53.2 Å². The smallest absolute Gasteiger partial charge is 0.408 e. The van der Waals surface area contributed by atoms with Gasteiger partial charge in [-0.05, 0) is 56.9 Å². The third kappa shape index (κ3) is 6.00. The van der Waals surface area contributed by atoms with Crippen LogP contribution in [0.3, 0.4) is 0 Å². The molecule has 0 spiro atoms. The molecule has 3 aromatic rings. The van der Waals surface area contributed by atoms with E-state index in [-0.39, 0.29) is 11.7 Å². The Morgan fingerprint density at radius 3 is 2.30 bits per heavy atom. The molecule has 1 atom stereocenters. The van der Waals surface area contributed by atoms with Gasteiger partial charge in [0.15, 0.2) is 0 Å². The molecule has 1 amide bonds.